The van der Waals surface area contributed by atoms with Crippen LogP contribution >= 0.6 is 11.6 Å². The average Bonchev–Trinajstić information content (AvgIpc) is 2.21. The van der Waals surface area contributed by atoms with Crippen molar-refractivity contribution in [3.8, 4) is 0 Å². The molecular weight excluding hydrogens is 249 g/mol. The number of nitrogens with one attached hydrogen (secondary N) is 1. The lowest BCUT2D eigenvalue weighted by atomic mass is 10.2. The number of carbonyl (C=O) groups excluding carboxylic acids is 1. The van der Waals surface area contributed by atoms with Gasteiger partial charge in [0, 0.05) is 6.92 Å². The van der Waals surface area contributed by atoms with Crippen LogP contribution in [0.25, 0.3) is 6.08 Å². The molecule has 0 aromatic heterocycles. The van der Waals surface area contributed by atoms with Crippen LogP contribution in [0.4, 0.5) is 4.39 Å². The summed E-state index contributed by atoms with van der Waals surface area (Å²) in [5, 5.41) is 10.9. The molecular formula is C11H9ClFNO3. The van der Waals surface area contributed by atoms with Gasteiger partial charge in [0.2, 0.25) is 5.91 Å². The molecule has 0 saturated carbocycles. The quantitative estimate of drug-likeness (QED) is 0.815. The Hall–Kier alpha value is -1.88. The molecule has 0 fully saturated rings. The second-order valence-electron chi connectivity index (χ2n) is 3.22. The first-order valence-corrected chi connectivity index (χ1v) is 4.95. The number of rotatable bonds is 3. The van der Waals surface area contributed by atoms with Crippen molar-refractivity contribution < 1.29 is 19.1 Å². The van der Waals surface area contributed by atoms with Crippen molar-refractivity contribution >= 4 is 29.6 Å². The Morgan fingerprint density at radius 2 is 2.12 bits per heavy atom. The number of carbonyl (C=O) groups is 2. The molecule has 0 aliphatic rings. The molecule has 0 unspecified atom stereocenters. The number of halogens is 2. The second-order valence-corrected chi connectivity index (χ2v) is 3.63. The van der Waals surface area contributed by atoms with E-state index < -0.39 is 17.7 Å². The van der Waals surface area contributed by atoms with E-state index >= 15 is 0 Å². The molecule has 0 spiro atoms. The van der Waals surface area contributed by atoms with Gasteiger partial charge in [0.1, 0.15) is 11.5 Å². The Labute approximate surface area is 102 Å². The van der Waals surface area contributed by atoms with Gasteiger partial charge in [-0.2, -0.15) is 0 Å². The number of carboxylic acid groups (broad SMARTS) is 1. The van der Waals surface area contributed by atoms with E-state index in [2.05, 4.69) is 5.32 Å². The zero-order chi connectivity index (χ0) is 13.0. The summed E-state index contributed by atoms with van der Waals surface area (Å²) in [6.45, 7) is 1.18. The summed E-state index contributed by atoms with van der Waals surface area (Å²) in [6.07, 6.45) is 1.14. The molecule has 90 valence electrons. The molecule has 1 aromatic carbocycles. The third kappa shape index (κ3) is 3.88. The van der Waals surface area contributed by atoms with Crippen LogP contribution in [0, 0.1) is 5.82 Å². The number of amides is 1. The minimum absolute atomic E-state index is 0.0569. The number of aliphatic carboxylic acids is 1. The molecule has 0 aliphatic heterocycles. The van der Waals surface area contributed by atoms with E-state index in [-0.39, 0.29) is 16.3 Å². The molecule has 4 nitrogen and oxygen atoms in total. The van der Waals surface area contributed by atoms with Crippen LogP contribution in [0.3, 0.4) is 0 Å². The van der Waals surface area contributed by atoms with Crippen LogP contribution in [0.2, 0.25) is 5.02 Å². The van der Waals surface area contributed by atoms with Crippen molar-refractivity contribution in [1.82, 2.24) is 5.32 Å². The summed E-state index contributed by atoms with van der Waals surface area (Å²) < 4.78 is 13.1. The predicted molar refractivity (Wildman–Crippen MR) is 60.8 cm³/mol. The van der Waals surface area contributed by atoms with Gasteiger partial charge in [0.25, 0.3) is 0 Å². The molecule has 6 heteroatoms. The van der Waals surface area contributed by atoms with Crippen molar-refractivity contribution in [2.75, 3.05) is 0 Å². The van der Waals surface area contributed by atoms with Crippen LogP contribution in [0.15, 0.2) is 23.9 Å². The highest BCUT2D eigenvalue weighted by Crippen LogP contribution is 2.17. The first kappa shape index (κ1) is 13.2. The Morgan fingerprint density at radius 1 is 1.47 bits per heavy atom. The summed E-state index contributed by atoms with van der Waals surface area (Å²) in [6, 6.07) is 3.82. The number of benzene rings is 1. The average molecular weight is 258 g/mol. The summed E-state index contributed by atoms with van der Waals surface area (Å²) in [7, 11) is 0. The molecule has 1 amide bonds. The molecule has 0 bridgehead atoms. The van der Waals surface area contributed by atoms with Gasteiger partial charge in [-0.15, -0.1) is 0 Å². The summed E-state index contributed by atoms with van der Waals surface area (Å²) >= 11 is 5.48. The van der Waals surface area contributed by atoms with Crippen LogP contribution in [-0.2, 0) is 9.59 Å². The molecule has 1 rings (SSSR count). The van der Waals surface area contributed by atoms with Crippen LogP contribution in [-0.4, -0.2) is 17.0 Å². The fourth-order valence-electron chi connectivity index (χ4n) is 1.11. The fraction of sp³-hybridized carbons (Fsp3) is 0.0909. The van der Waals surface area contributed by atoms with Crippen molar-refractivity contribution in [2.24, 2.45) is 0 Å². The van der Waals surface area contributed by atoms with E-state index in [0.29, 0.717) is 0 Å². The first-order chi connectivity index (χ1) is 7.90. The van der Waals surface area contributed by atoms with Gasteiger partial charge in [0.05, 0.1) is 5.02 Å². The molecule has 0 saturated heterocycles. The van der Waals surface area contributed by atoms with Crippen molar-refractivity contribution in [2.45, 2.75) is 6.92 Å². The molecule has 0 aliphatic carbocycles. The summed E-state index contributed by atoms with van der Waals surface area (Å²) in [4.78, 5) is 21.5. The van der Waals surface area contributed by atoms with Crippen molar-refractivity contribution in [3.63, 3.8) is 0 Å². The molecule has 0 radical (unpaired) electrons. The lowest BCUT2D eigenvalue weighted by Gasteiger charge is -2.03. The lowest BCUT2D eigenvalue weighted by Crippen LogP contribution is -2.24. The van der Waals surface area contributed by atoms with Gasteiger partial charge in [-0.3, -0.25) is 4.79 Å². The summed E-state index contributed by atoms with van der Waals surface area (Å²) in [5.41, 5.74) is -0.0442. The standard InChI is InChI=1S/C11H9ClFNO3/c1-6(15)14-10(11(16)17)5-7-2-3-8(12)9(13)4-7/h2-5H,1H3,(H,14,15)(H,16,17)/b10-5-. The monoisotopic (exact) mass is 257 g/mol. The van der Waals surface area contributed by atoms with E-state index in [0.717, 1.165) is 12.1 Å². The second kappa shape index (κ2) is 5.45. The molecule has 1 aromatic rings. The van der Waals surface area contributed by atoms with Crippen molar-refractivity contribution in [3.05, 3.63) is 40.3 Å². The van der Waals surface area contributed by atoms with Gasteiger partial charge in [0.15, 0.2) is 0 Å². The maximum Gasteiger partial charge on any atom is 0.352 e. The van der Waals surface area contributed by atoms with Gasteiger partial charge in [-0.25, -0.2) is 9.18 Å². The highest BCUT2D eigenvalue weighted by atomic mass is 35.5. The maximum atomic E-state index is 13.1. The fourth-order valence-corrected chi connectivity index (χ4v) is 1.23. The molecule has 2 N–H and O–H groups in total. The number of hydrogen-bond acceptors (Lipinski definition) is 2. The van der Waals surface area contributed by atoms with E-state index in [1.165, 1.54) is 19.1 Å². The van der Waals surface area contributed by atoms with Gasteiger partial charge in [-0.05, 0) is 23.8 Å². The third-order valence-corrected chi connectivity index (χ3v) is 2.10. The van der Waals surface area contributed by atoms with Gasteiger partial charge in [-0.1, -0.05) is 17.7 Å². The minimum Gasteiger partial charge on any atom is -0.477 e. The topological polar surface area (TPSA) is 66.4 Å². The summed E-state index contributed by atoms with van der Waals surface area (Å²) in [5.74, 6) is -2.49. The Kier molecular flexibility index (Phi) is 4.23. The van der Waals surface area contributed by atoms with E-state index in [1.54, 1.807) is 0 Å². The SMILES string of the molecule is CC(=O)N/C(=C\c1ccc(Cl)c(F)c1)C(=O)O. The van der Waals surface area contributed by atoms with E-state index in [1.807, 2.05) is 0 Å². The van der Waals surface area contributed by atoms with Crippen LogP contribution < -0.4 is 5.32 Å². The minimum atomic E-state index is -1.31. The van der Waals surface area contributed by atoms with Crippen molar-refractivity contribution in [1.29, 1.82) is 0 Å². The zero-order valence-corrected chi connectivity index (χ0v) is 9.58. The third-order valence-electron chi connectivity index (χ3n) is 1.80. The largest absolute Gasteiger partial charge is 0.477 e. The Morgan fingerprint density at radius 3 is 2.59 bits per heavy atom. The maximum absolute atomic E-state index is 13.1. The lowest BCUT2D eigenvalue weighted by molar-refractivity contribution is -0.134. The van der Waals surface area contributed by atoms with E-state index in [4.69, 9.17) is 16.7 Å². The highest BCUT2D eigenvalue weighted by Gasteiger charge is 2.09. The van der Waals surface area contributed by atoms with Crippen LogP contribution in [0.1, 0.15) is 12.5 Å². The normalized spacial score (nSPS) is 11.1. The molecule has 0 heterocycles. The molecule has 0 atom stereocenters. The number of hydrogen-bond donors (Lipinski definition) is 2. The van der Waals surface area contributed by atoms with Gasteiger partial charge >= 0.3 is 5.97 Å². The smallest absolute Gasteiger partial charge is 0.352 e. The predicted octanol–water partition coefficient (Wildman–Crippen LogP) is 2.04. The Balaban J connectivity index is 3.08. The molecule has 17 heavy (non-hydrogen) atoms. The highest BCUT2D eigenvalue weighted by molar-refractivity contribution is 6.30. The zero-order valence-electron chi connectivity index (χ0n) is 8.83. The Bertz CT molecular complexity index is 499. The number of carboxylic acids is 1. The van der Waals surface area contributed by atoms with Gasteiger partial charge < -0.3 is 10.4 Å². The van der Waals surface area contributed by atoms with E-state index in [9.17, 15) is 14.0 Å². The van der Waals surface area contributed by atoms with Crippen LogP contribution in [0.5, 0.6) is 0 Å². The first-order valence-electron chi connectivity index (χ1n) is 4.58.